The van der Waals surface area contributed by atoms with Crippen molar-refractivity contribution < 1.29 is 9.47 Å². The van der Waals surface area contributed by atoms with Gasteiger partial charge in [-0.3, -0.25) is 14.9 Å². The SMILES string of the molecule is NC=C(C=NCC(CN1CCOCC1)OCC1CC1)c1cnc2ccc(Cl)nc2c1. The predicted molar refractivity (Wildman–Crippen MR) is 120 cm³/mol. The summed E-state index contributed by atoms with van der Waals surface area (Å²) in [5.74, 6) is 0.726. The van der Waals surface area contributed by atoms with E-state index in [1.165, 1.54) is 12.8 Å². The van der Waals surface area contributed by atoms with Crippen LogP contribution >= 0.6 is 11.6 Å². The number of fused-ring (bicyclic) bond motifs is 1. The fraction of sp³-hybridized carbons (Fsp3) is 0.500. The molecular weight excluding hydrogens is 402 g/mol. The van der Waals surface area contributed by atoms with Gasteiger partial charge in [-0.15, -0.1) is 0 Å². The van der Waals surface area contributed by atoms with Crippen molar-refractivity contribution in [3.63, 3.8) is 0 Å². The van der Waals surface area contributed by atoms with E-state index in [4.69, 9.17) is 26.8 Å². The second-order valence-electron chi connectivity index (χ2n) is 7.82. The van der Waals surface area contributed by atoms with Gasteiger partial charge in [0.25, 0.3) is 0 Å². The number of hydrogen-bond acceptors (Lipinski definition) is 7. The molecule has 2 aromatic heterocycles. The van der Waals surface area contributed by atoms with Crippen molar-refractivity contribution in [1.82, 2.24) is 14.9 Å². The molecule has 1 atom stereocenters. The van der Waals surface area contributed by atoms with Crippen LogP contribution in [0.2, 0.25) is 5.15 Å². The van der Waals surface area contributed by atoms with E-state index in [0.29, 0.717) is 11.7 Å². The highest BCUT2D eigenvalue weighted by molar-refractivity contribution is 6.29. The summed E-state index contributed by atoms with van der Waals surface area (Å²) in [6.45, 7) is 5.74. The van der Waals surface area contributed by atoms with Crippen LogP contribution in [0.3, 0.4) is 0 Å². The lowest BCUT2D eigenvalue weighted by atomic mass is 10.1. The number of aromatic nitrogens is 2. The van der Waals surface area contributed by atoms with Gasteiger partial charge in [-0.2, -0.15) is 0 Å². The number of morpholine rings is 1. The molecule has 4 rings (SSSR count). The Morgan fingerprint density at radius 3 is 2.93 bits per heavy atom. The molecule has 2 aliphatic rings. The quantitative estimate of drug-likeness (QED) is 0.487. The number of rotatable bonds is 9. The molecule has 0 radical (unpaired) electrons. The van der Waals surface area contributed by atoms with Crippen molar-refractivity contribution in [2.24, 2.45) is 16.6 Å². The zero-order valence-electron chi connectivity index (χ0n) is 17.0. The zero-order valence-corrected chi connectivity index (χ0v) is 17.8. The first-order chi connectivity index (χ1) is 14.7. The van der Waals surface area contributed by atoms with E-state index in [-0.39, 0.29) is 6.10 Å². The lowest BCUT2D eigenvalue weighted by Gasteiger charge is -2.30. The molecule has 1 unspecified atom stereocenters. The summed E-state index contributed by atoms with van der Waals surface area (Å²) in [5.41, 5.74) is 9.03. The third-order valence-corrected chi connectivity index (χ3v) is 5.60. The smallest absolute Gasteiger partial charge is 0.129 e. The van der Waals surface area contributed by atoms with Crippen molar-refractivity contribution in [2.75, 3.05) is 46.0 Å². The first kappa shape index (κ1) is 21.2. The minimum atomic E-state index is 0.0641. The molecule has 1 saturated carbocycles. The molecule has 30 heavy (non-hydrogen) atoms. The Bertz CT molecular complexity index is 910. The number of nitrogens with two attached hydrogens (primary N) is 1. The Labute approximate surface area is 181 Å². The normalized spacial score (nSPS) is 19.6. The van der Waals surface area contributed by atoms with Crippen LogP contribution in [-0.2, 0) is 9.47 Å². The van der Waals surface area contributed by atoms with Crippen LogP contribution in [0.1, 0.15) is 18.4 Å². The van der Waals surface area contributed by atoms with Gasteiger partial charge in [-0.05, 0) is 37.0 Å². The van der Waals surface area contributed by atoms with Gasteiger partial charge in [-0.25, -0.2) is 4.98 Å². The van der Waals surface area contributed by atoms with Crippen LogP contribution in [0.4, 0.5) is 0 Å². The Morgan fingerprint density at radius 2 is 2.17 bits per heavy atom. The molecule has 8 heteroatoms. The molecular formula is C22H28ClN5O2. The zero-order chi connectivity index (χ0) is 20.8. The van der Waals surface area contributed by atoms with Gasteiger partial charge >= 0.3 is 0 Å². The summed E-state index contributed by atoms with van der Waals surface area (Å²) in [7, 11) is 0. The predicted octanol–water partition coefficient (Wildman–Crippen LogP) is 2.78. The van der Waals surface area contributed by atoms with Crippen LogP contribution in [0.25, 0.3) is 16.6 Å². The number of allylic oxidation sites excluding steroid dienone is 1. The Hall–Kier alpha value is -2.06. The maximum atomic E-state index is 6.18. The first-order valence-electron chi connectivity index (χ1n) is 10.5. The van der Waals surface area contributed by atoms with Crippen molar-refractivity contribution in [3.8, 4) is 0 Å². The summed E-state index contributed by atoms with van der Waals surface area (Å²) < 4.78 is 11.6. The third-order valence-electron chi connectivity index (χ3n) is 5.39. The molecule has 0 bridgehead atoms. The van der Waals surface area contributed by atoms with Gasteiger partial charge in [-0.1, -0.05) is 11.6 Å². The third kappa shape index (κ3) is 5.98. The monoisotopic (exact) mass is 429 g/mol. The molecule has 160 valence electrons. The van der Waals surface area contributed by atoms with Gasteiger partial charge in [0.15, 0.2) is 0 Å². The van der Waals surface area contributed by atoms with Gasteiger partial charge < -0.3 is 15.2 Å². The fourth-order valence-corrected chi connectivity index (χ4v) is 3.57. The highest BCUT2D eigenvalue weighted by Crippen LogP contribution is 2.29. The number of ether oxygens (including phenoxy) is 2. The molecule has 2 fully saturated rings. The minimum absolute atomic E-state index is 0.0641. The summed E-state index contributed by atoms with van der Waals surface area (Å²) in [4.78, 5) is 15.8. The van der Waals surface area contributed by atoms with E-state index in [1.54, 1.807) is 24.7 Å². The average Bonchev–Trinajstić information content (AvgIpc) is 3.59. The maximum Gasteiger partial charge on any atom is 0.129 e. The Balaban J connectivity index is 1.40. The van der Waals surface area contributed by atoms with Crippen LogP contribution in [-0.4, -0.2) is 73.2 Å². The molecule has 2 N–H and O–H groups in total. The second-order valence-corrected chi connectivity index (χ2v) is 8.21. The standard InChI is InChI=1S/C22H28ClN5O2/c23-22-4-3-20-21(27-22)9-17(12-26-20)18(10-24)11-25-13-19(30-15-16-1-2-16)14-28-5-7-29-8-6-28/h3-4,9-12,16,19H,1-2,5-8,13-15,24H2. The molecule has 1 aliphatic heterocycles. The highest BCUT2D eigenvalue weighted by atomic mass is 35.5. The van der Waals surface area contributed by atoms with Crippen LogP contribution in [0.5, 0.6) is 0 Å². The number of halogens is 1. The largest absolute Gasteiger partial charge is 0.404 e. The van der Waals surface area contributed by atoms with Crippen LogP contribution in [0.15, 0.2) is 35.6 Å². The topological polar surface area (TPSA) is 85.9 Å². The van der Waals surface area contributed by atoms with Crippen LogP contribution in [0, 0.1) is 5.92 Å². The highest BCUT2D eigenvalue weighted by Gasteiger charge is 2.24. The number of hydrogen-bond donors (Lipinski definition) is 1. The summed E-state index contributed by atoms with van der Waals surface area (Å²) >= 11 is 6.01. The molecule has 7 nitrogen and oxygen atoms in total. The molecule has 2 aromatic rings. The molecule has 1 aliphatic carbocycles. The number of nitrogens with zero attached hydrogens (tertiary/aromatic N) is 4. The van der Waals surface area contributed by atoms with E-state index in [2.05, 4.69) is 19.9 Å². The van der Waals surface area contributed by atoms with E-state index >= 15 is 0 Å². The van der Waals surface area contributed by atoms with Crippen molar-refractivity contribution >= 4 is 34.4 Å². The van der Waals surface area contributed by atoms with Crippen molar-refractivity contribution in [3.05, 3.63) is 41.3 Å². The summed E-state index contributed by atoms with van der Waals surface area (Å²) in [6, 6.07) is 5.50. The maximum absolute atomic E-state index is 6.18. The summed E-state index contributed by atoms with van der Waals surface area (Å²) in [6.07, 6.45) is 7.73. The minimum Gasteiger partial charge on any atom is -0.404 e. The molecule has 3 heterocycles. The molecule has 0 amide bonds. The molecule has 0 aromatic carbocycles. The van der Waals surface area contributed by atoms with Gasteiger partial charge in [0, 0.05) is 56.0 Å². The molecule has 1 saturated heterocycles. The lowest BCUT2D eigenvalue weighted by Crippen LogP contribution is -2.42. The van der Waals surface area contributed by atoms with Gasteiger partial charge in [0.05, 0.1) is 36.9 Å². The van der Waals surface area contributed by atoms with Crippen LogP contribution < -0.4 is 5.73 Å². The van der Waals surface area contributed by atoms with Gasteiger partial charge in [0.2, 0.25) is 0 Å². The lowest BCUT2D eigenvalue weighted by molar-refractivity contribution is -0.0112. The van der Waals surface area contributed by atoms with E-state index in [0.717, 1.165) is 67.5 Å². The van der Waals surface area contributed by atoms with Gasteiger partial charge in [0.1, 0.15) is 5.15 Å². The fourth-order valence-electron chi connectivity index (χ4n) is 3.41. The van der Waals surface area contributed by atoms with E-state index in [1.807, 2.05) is 12.1 Å². The van der Waals surface area contributed by atoms with Crippen molar-refractivity contribution in [2.45, 2.75) is 18.9 Å². The van der Waals surface area contributed by atoms with Crippen molar-refractivity contribution in [1.29, 1.82) is 0 Å². The average molecular weight is 430 g/mol. The number of aliphatic imine (C=N–C) groups is 1. The Morgan fingerprint density at radius 1 is 1.33 bits per heavy atom. The Kier molecular flexibility index (Phi) is 7.28. The van der Waals surface area contributed by atoms with E-state index < -0.39 is 0 Å². The molecule has 0 spiro atoms. The summed E-state index contributed by atoms with van der Waals surface area (Å²) in [5, 5.41) is 0.437. The number of pyridine rings is 2. The van der Waals surface area contributed by atoms with E-state index in [9.17, 15) is 0 Å². The second kappa shape index (κ2) is 10.3. The first-order valence-corrected chi connectivity index (χ1v) is 10.8.